The second kappa shape index (κ2) is 13.8. The van der Waals surface area contributed by atoms with E-state index in [0.717, 1.165) is 61.1 Å². The molecule has 0 aliphatic heterocycles. The van der Waals surface area contributed by atoms with Crippen molar-refractivity contribution in [3.8, 4) is 78.8 Å². The summed E-state index contributed by atoms with van der Waals surface area (Å²) in [5.41, 5.74) is 15.1. The fraction of sp³-hybridized carbons (Fsp3) is 0.0545. The van der Waals surface area contributed by atoms with Crippen molar-refractivity contribution < 1.29 is 0 Å². The highest BCUT2D eigenvalue weighted by Gasteiger charge is 2.36. The molecule has 0 saturated heterocycles. The Morgan fingerprint density at radius 3 is 1.58 bits per heavy atom. The molecule has 1 aliphatic rings. The molecule has 0 atom stereocenters. The molecular formula is C55H38N4. The van der Waals surface area contributed by atoms with E-state index in [1.165, 1.54) is 33.0 Å². The molecule has 0 spiro atoms. The molecule has 8 aromatic carbocycles. The fourth-order valence-corrected chi connectivity index (χ4v) is 8.89. The minimum Gasteiger partial charge on any atom is -0.248 e. The van der Waals surface area contributed by atoms with Crippen molar-refractivity contribution in [2.24, 2.45) is 0 Å². The standard InChI is InChI=1S/C55H38N4/c1-55(2)48-28-15-14-26-43(48)46-32-47-45(33-50(56-51(47)34-49(46)55)44-27-16-24-36-19-12-13-25-42(36)44)40-29-39(35-17-6-3-7-18-35)30-41(31-40)54-58-52(37-20-8-4-9-21-37)57-53(59-54)38-22-10-5-11-23-38/h3-34H,1-2H3. The first-order valence-electron chi connectivity index (χ1n) is 20.1. The van der Waals surface area contributed by atoms with Crippen molar-refractivity contribution in [2.45, 2.75) is 19.3 Å². The summed E-state index contributed by atoms with van der Waals surface area (Å²) in [6.07, 6.45) is 0. The van der Waals surface area contributed by atoms with Crippen LogP contribution in [-0.4, -0.2) is 19.9 Å². The van der Waals surface area contributed by atoms with Crippen LogP contribution in [0.25, 0.3) is 100 Å². The monoisotopic (exact) mass is 754 g/mol. The minimum absolute atomic E-state index is 0.163. The molecule has 59 heavy (non-hydrogen) atoms. The molecule has 2 heterocycles. The van der Waals surface area contributed by atoms with Crippen LogP contribution in [0, 0.1) is 0 Å². The number of aromatic nitrogens is 4. The summed E-state index contributed by atoms with van der Waals surface area (Å²) in [5, 5.41) is 3.46. The van der Waals surface area contributed by atoms with Crippen LogP contribution < -0.4 is 0 Å². The average Bonchev–Trinajstić information content (AvgIpc) is 3.53. The predicted octanol–water partition coefficient (Wildman–Crippen LogP) is 13.9. The van der Waals surface area contributed by atoms with E-state index < -0.39 is 0 Å². The molecule has 278 valence electrons. The number of benzene rings is 8. The number of rotatable bonds is 6. The second-order valence-electron chi connectivity index (χ2n) is 15.9. The molecule has 0 bridgehead atoms. The lowest BCUT2D eigenvalue weighted by Gasteiger charge is -2.22. The third-order valence-electron chi connectivity index (χ3n) is 11.9. The zero-order valence-electron chi connectivity index (χ0n) is 32.8. The van der Waals surface area contributed by atoms with Crippen LogP contribution in [0.5, 0.6) is 0 Å². The van der Waals surface area contributed by atoms with Gasteiger partial charge in [0.25, 0.3) is 0 Å². The molecule has 4 nitrogen and oxygen atoms in total. The summed E-state index contributed by atoms with van der Waals surface area (Å²) < 4.78 is 0. The van der Waals surface area contributed by atoms with Crippen LogP contribution in [-0.2, 0) is 5.41 Å². The molecule has 0 N–H and O–H groups in total. The van der Waals surface area contributed by atoms with E-state index in [1.807, 2.05) is 36.4 Å². The first kappa shape index (κ1) is 34.7. The van der Waals surface area contributed by atoms with E-state index in [9.17, 15) is 0 Å². The van der Waals surface area contributed by atoms with E-state index in [4.69, 9.17) is 19.9 Å². The molecule has 11 rings (SSSR count). The summed E-state index contributed by atoms with van der Waals surface area (Å²) in [5.74, 6) is 1.87. The van der Waals surface area contributed by atoms with Gasteiger partial charge in [-0.05, 0) is 91.7 Å². The van der Waals surface area contributed by atoms with Crippen LogP contribution in [0.2, 0.25) is 0 Å². The summed E-state index contributed by atoms with van der Waals surface area (Å²) >= 11 is 0. The lowest BCUT2D eigenvalue weighted by Crippen LogP contribution is -2.14. The maximum Gasteiger partial charge on any atom is 0.164 e. The Hall–Kier alpha value is -7.56. The normalized spacial score (nSPS) is 12.7. The van der Waals surface area contributed by atoms with Gasteiger partial charge in [-0.15, -0.1) is 0 Å². The van der Waals surface area contributed by atoms with Crippen molar-refractivity contribution in [3.63, 3.8) is 0 Å². The lowest BCUT2D eigenvalue weighted by molar-refractivity contribution is 0.661. The second-order valence-corrected chi connectivity index (χ2v) is 15.9. The molecule has 0 radical (unpaired) electrons. The van der Waals surface area contributed by atoms with Crippen LogP contribution in [0.4, 0.5) is 0 Å². The van der Waals surface area contributed by atoms with Gasteiger partial charge >= 0.3 is 0 Å². The minimum atomic E-state index is -0.163. The fourth-order valence-electron chi connectivity index (χ4n) is 8.89. The largest absolute Gasteiger partial charge is 0.248 e. The third kappa shape index (κ3) is 6.00. The van der Waals surface area contributed by atoms with E-state index in [0.29, 0.717) is 17.5 Å². The van der Waals surface area contributed by atoms with Crippen molar-refractivity contribution in [2.75, 3.05) is 0 Å². The van der Waals surface area contributed by atoms with Crippen molar-refractivity contribution in [3.05, 3.63) is 205 Å². The van der Waals surface area contributed by atoms with Crippen molar-refractivity contribution in [1.29, 1.82) is 0 Å². The third-order valence-corrected chi connectivity index (χ3v) is 11.9. The first-order chi connectivity index (χ1) is 29.0. The summed E-state index contributed by atoms with van der Waals surface area (Å²) in [6.45, 7) is 4.66. The van der Waals surface area contributed by atoms with E-state index in [2.05, 4.69) is 172 Å². The molecule has 2 aromatic heterocycles. The molecule has 0 unspecified atom stereocenters. The van der Waals surface area contributed by atoms with Gasteiger partial charge in [-0.2, -0.15) is 0 Å². The van der Waals surface area contributed by atoms with Crippen LogP contribution in [0.15, 0.2) is 194 Å². The number of fused-ring (bicyclic) bond motifs is 5. The summed E-state index contributed by atoms with van der Waals surface area (Å²) in [6, 6.07) is 68.6. The van der Waals surface area contributed by atoms with Gasteiger partial charge in [-0.1, -0.05) is 172 Å². The van der Waals surface area contributed by atoms with Crippen LogP contribution in [0.3, 0.4) is 0 Å². The Morgan fingerprint density at radius 2 is 0.864 bits per heavy atom. The zero-order chi connectivity index (χ0) is 39.5. The Bertz CT molecular complexity index is 3160. The molecule has 10 aromatic rings. The molecule has 4 heteroatoms. The Balaban J connectivity index is 1.21. The molecule has 0 fully saturated rings. The van der Waals surface area contributed by atoms with Crippen molar-refractivity contribution in [1.82, 2.24) is 19.9 Å². The van der Waals surface area contributed by atoms with Gasteiger partial charge in [0.15, 0.2) is 17.5 Å². The first-order valence-corrected chi connectivity index (χ1v) is 20.1. The SMILES string of the molecule is CC1(C)c2ccccc2-c2cc3c(-c4cc(-c5ccccc5)cc(-c5nc(-c6ccccc6)nc(-c6ccccc6)n5)c4)cc(-c4cccc5ccccc45)nc3cc21. The number of hydrogen-bond donors (Lipinski definition) is 0. The molecular weight excluding hydrogens is 717 g/mol. The summed E-state index contributed by atoms with van der Waals surface area (Å²) in [7, 11) is 0. The smallest absolute Gasteiger partial charge is 0.164 e. The zero-order valence-corrected chi connectivity index (χ0v) is 32.8. The van der Waals surface area contributed by atoms with Gasteiger partial charge in [0.1, 0.15) is 0 Å². The highest BCUT2D eigenvalue weighted by molar-refractivity contribution is 6.04. The number of hydrogen-bond acceptors (Lipinski definition) is 4. The molecule has 0 amide bonds. The predicted molar refractivity (Wildman–Crippen MR) is 243 cm³/mol. The van der Waals surface area contributed by atoms with Gasteiger partial charge in [0, 0.05) is 33.1 Å². The van der Waals surface area contributed by atoms with Gasteiger partial charge < -0.3 is 0 Å². The quantitative estimate of drug-likeness (QED) is 0.170. The maximum atomic E-state index is 5.51. The highest BCUT2D eigenvalue weighted by atomic mass is 15.0. The van der Waals surface area contributed by atoms with E-state index in [1.54, 1.807) is 0 Å². The van der Waals surface area contributed by atoms with E-state index in [-0.39, 0.29) is 5.41 Å². The van der Waals surface area contributed by atoms with Crippen LogP contribution in [0.1, 0.15) is 25.0 Å². The number of pyridine rings is 1. The Morgan fingerprint density at radius 1 is 0.322 bits per heavy atom. The van der Waals surface area contributed by atoms with Crippen LogP contribution >= 0.6 is 0 Å². The summed E-state index contributed by atoms with van der Waals surface area (Å²) in [4.78, 5) is 20.9. The van der Waals surface area contributed by atoms with Gasteiger partial charge in [-0.25, -0.2) is 19.9 Å². The lowest BCUT2D eigenvalue weighted by atomic mass is 9.82. The van der Waals surface area contributed by atoms with E-state index >= 15 is 0 Å². The van der Waals surface area contributed by atoms with Gasteiger partial charge in [0.05, 0.1) is 11.2 Å². The number of nitrogens with zero attached hydrogens (tertiary/aromatic N) is 4. The molecule has 0 saturated carbocycles. The molecule has 1 aliphatic carbocycles. The highest BCUT2D eigenvalue weighted by Crippen LogP contribution is 2.51. The van der Waals surface area contributed by atoms with Gasteiger partial charge in [-0.3, -0.25) is 0 Å². The Labute approximate surface area is 343 Å². The topological polar surface area (TPSA) is 51.6 Å². The average molecular weight is 755 g/mol. The Kier molecular flexibility index (Phi) is 8.12. The maximum absolute atomic E-state index is 5.51. The van der Waals surface area contributed by atoms with Gasteiger partial charge in [0.2, 0.25) is 0 Å². The van der Waals surface area contributed by atoms with Crippen molar-refractivity contribution >= 4 is 21.7 Å².